The van der Waals surface area contributed by atoms with E-state index < -0.39 is 0 Å². The van der Waals surface area contributed by atoms with Crippen LogP contribution in [0.2, 0.25) is 0 Å². The van der Waals surface area contributed by atoms with Crippen molar-refractivity contribution < 1.29 is 0 Å². The third-order valence-electron chi connectivity index (χ3n) is 3.53. The monoisotopic (exact) mass is 204 g/mol. The lowest BCUT2D eigenvalue weighted by molar-refractivity contribution is 0.489. The number of anilines is 1. The molecule has 1 aliphatic carbocycles. The minimum atomic E-state index is 0.665. The molecule has 2 unspecified atom stereocenters. The van der Waals surface area contributed by atoms with Crippen molar-refractivity contribution in [3.63, 3.8) is 0 Å². The van der Waals surface area contributed by atoms with Gasteiger partial charge in [0.05, 0.1) is 11.4 Å². The number of nitrogens with one attached hydrogen (secondary N) is 1. The van der Waals surface area contributed by atoms with Crippen molar-refractivity contribution in [2.45, 2.75) is 45.6 Å². The molecule has 1 heterocycles. The molecule has 0 spiro atoms. The molecule has 0 saturated heterocycles. The summed E-state index contributed by atoms with van der Waals surface area (Å²) in [5.74, 6) is 0.851. The van der Waals surface area contributed by atoms with Crippen LogP contribution in [0.25, 0.3) is 0 Å². The van der Waals surface area contributed by atoms with Gasteiger partial charge in [0.15, 0.2) is 0 Å². The molecule has 2 heteroatoms. The Hall–Kier alpha value is -1.05. The van der Waals surface area contributed by atoms with E-state index in [9.17, 15) is 0 Å². The molecule has 1 fully saturated rings. The Labute approximate surface area is 92.1 Å². The fraction of sp³-hybridized carbons (Fsp3) is 0.615. The van der Waals surface area contributed by atoms with Crippen LogP contribution in [0.15, 0.2) is 18.3 Å². The van der Waals surface area contributed by atoms with Crippen LogP contribution in [0.5, 0.6) is 0 Å². The maximum Gasteiger partial charge on any atom is 0.0603 e. The Morgan fingerprint density at radius 3 is 3.07 bits per heavy atom. The van der Waals surface area contributed by atoms with Crippen molar-refractivity contribution in [2.75, 3.05) is 5.32 Å². The topological polar surface area (TPSA) is 24.9 Å². The van der Waals surface area contributed by atoms with E-state index in [0.29, 0.717) is 6.04 Å². The second kappa shape index (κ2) is 4.65. The molecule has 2 nitrogen and oxygen atoms in total. The second-order valence-electron chi connectivity index (χ2n) is 4.49. The maximum atomic E-state index is 4.31. The number of nitrogens with zero attached hydrogens (tertiary/aromatic N) is 1. The standard InChI is InChI=1S/C13H20N2/c1-3-11-6-4-7-13(11)15-12-8-5-9-14-10(12)2/h5,8-9,11,13,15H,3-4,6-7H2,1-2H3. The largest absolute Gasteiger partial charge is 0.381 e. The first-order valence-corrected chi connectivity index (χ1v) is 5.99. The molecule has 15 heavy (non-hydrogen) atoms. The highest BCUT2D eigenvalue weighted by molar-refractivity contribution is 5.47. The van der Waals surface area contributed by atoms with E-state index in [1.807, 2.05) is 12.3 Å². The molecule has 2 atom stereocenters. The van der Waals surface area contributed by atoms with E-state index in [2.05, 4.69) is 30.2 Å². The molecule has 1 aromatic rings. The van der Waals surface area contributed by atoms with Gasteiger partial charge in [-0.1, -0.05) is 19.8 Å². The Balaban J connectivity index is 2.05. The van der Waals surface area contributed by atoms with E-state index in [4.69, 9.17) is 0 Å². The number of hydrogen-bond acceptors (Lipinski definition) is 2. The van der Waals surface area contributed by atoms with Gasteiger partial charge in [0.25, 0.3) is 0 Å². The number of rotatable bonds is 3. The zero-order valence-electron chi connectivity index (χ0n) is 9.66. The number of aryl methyl sites for hydroxylation is 1. The van der Waals surface area contributed by atoms with Gasteiger partial charge < -0.3 is 5.32 Å². The van der Waals surface area contributed by atoms with Crippen molar-refractivity contribution in [3.8, 4) is 0 Å². The SMILES string of the molecule is CCC1CCCC1Nc1cccnc1C. The Morgan fingerprint density at radius 2 is 2.33 bits per heavy atom. The summed E-state index contributed by atoms with van der Waals surface area (Å²) < 4.78 is 0. The fourth-order valence-electron chi connectivity index (χ4n) is 2.55. The van der Waals surface area contributed by atoms with Crippen molar-refractivity contribution in [2.24, 2.45) is 5.92 Å². The van der Waals surface area contributed by atoms with E-state index in [1.54, 1.807) is 0 Å². The van der Waals surface area contributed by atoms with Crippen LogP contribution in [0.1, 0.15) is 38.3 Å². The zero-order chi connectivity index (χ0) is 10.7. The summed E-state index contributed by atoms with van der Waals surface area (Å²) in [6.07, 6.45) is 7.21. The summed E-state index contributed by atoms with van der Waals surface area (Å²) in [6.45, 7) is 4.36. The van der Waals surface area contributed by atoms with Gasteiger partial charge in [-0.25, -0.2) is 0 Å². The van der Waals surface area contributed by atoms with E-state index in [1.165, 1.54) is 31.4 Å². The first-order chi connectivity index (χ1) is 7.31. The smallest absolute Gasteiger partial charge is 0.0603 e. The normalized spacial score (nSPS) is 25.5. The summed E-state index contributed by atoms with van der Waals surface area (Å²) in [5.41, 5.74) is 2.32. The summed E-state index contributed by atoms with van der Waals surface area (Å²) in [7, 11) is 0. The van der Waals surface area contributed by atoms with Gasteiger partial charge in [0.1, 0.15) is 0 Å². The summed E-state index contributed by atoms with van der Waals surface area (Å²) >= 11 is 0. The van der Waals surface area contributed by atoms with Gasteiger partial charge in [-0.05, 0) is 37.8 Å². The van der Waals surface area contributed by atoms with E-state index >= 15 is 0 Å². The molecule has 2 rings (SSSR count). The number of hydrogen-bond donors (Lipinski definition) is 1. The molecule has 1 aliphatic rings. The van der Waals surface area contributed by atoms with Crippen LogP contribution in [0, 0.1) is 12.8 Å². The van der Waals surface area contributed by atoms with E-state index in [0.717, 1.165) is 11.6 Å². The van der Waals surface area contributed by atoms with Gasteiger partial charge in [-0.15, -0.1) is 0 Å². The van der Waals surface area contributed by atoms with Crippen LogP contribution in [0.3, 0.4) is 0 Å². The summed E-state index contributed by atoms with van der Waals surface area (Å²) in [5, 5.41) is 3.65. The molecular formula is C13H20N2. The third kappa shape index (κ3) is 2.31. The van der Waals surface area contributed by atoms with Gasteiger partial charge >= 0.3 is 0 Å². The molecule has 1 N–H and O–H groups in total. The lowest BCUT2D eigenvalue weighted by Gasteiger charge is -2.21. The van der Waals surface area contributed by atoms with Crippen molar-refractivity contribution >= 4 is 5.69 Å². The first-order valence-electron chi connectivity index (χ1n) is 5.99. The highest BCUT2D eigenvalue weighted by Crippen LogP contribution is 2.31. The predicted octanol–water partition coefficient (Wildman–Crippen LogP) is 3.38. The maximum absolute atomic E-state index is 4.31. The molecule has 0 aliphatic heterocycles. The van der Waals surface area contributed by atoms with Crippen molar-refractivity contribution in [1.29, 1.82) is 0 Å². The third-order valence-corrected chi connectivity index (χ3v) is 3.53. The molecule has 0 amide bonds. The molecule has 1 saturated carbocycles. The summed E-state index contributed by atoms with van der Waals surface area (Å²) in [4.78, 5) is 4.31. The van der Waals surface area contributed by atoms with Gasteiger partial charge in [-0.2, -0.15) is 0 Å². The zero-order valence-corrected chi connectivity index (χ0v) is 9.66. The quantitative estimate of drug-likeness (QED) is 0.816. The molecule has 1 aromatic heterocycles. The van der Waals surface area contributed by atoms with Gasteiger partial charge in [0, 0.05) is 12.2 Å². The highest BCUT2D eigenvalue weighted by atomic mass is 14.9. The Kier molecular flexibility index (Phi) is 3.24. The highest BCUT2D eigenvalue weighted by Gasteiger charge is 2.25. The van der Waals surface area contributed by atoms with Crippen LogP contribution in [-0.2, 0) is 0 Å². The van der Waals surface area contributed by atoms with Gasteiger partial charge in [0.2, 0.25) is 0 Å². The van der Waals surface area contributed by atoms with Crippen LogP contribution >= 0.6 is 0 Å². The molecular weight excluding hydrogens is 184 g/mol. The van der Waals surface area contributed by atoms with Crippen LogP contribution < -0.4 is 5.32 Å². The number of aromatic nitrogens is 1. The number of pyridine rings is 1. The van der Waals surface area contributed by atoms with E-state index in [-0.39, 0.29) is 0 Å². The lowest BCUT2D eigenvalue weighted by atomic mass is 10.0. The second-order valence-corrected chi connectivity index (χ2v) is 4.49. The average Bonchev–Trinajstić information content (AvgIpc) is 2.69. The van der Waals surface area contributed by atoms with Gasteiger partial charge in [-0.3, -0.25) is 4.98 Å². The van der Waals surface area contributed by atoms with Crippen LogP contribution in [-0.4, -0.2) is 11.0 Å². The Morgan fingerprint density at radius 1 is 1.47 bits per heavy atom. The van der Waals surface area contributed by atoms with Crippen LogP contribution in [0.4, 0.5) is 5.69 Å². The lowest BCUT2D eigenvalue weighted by Crippen LogP contribution is -2.23. The molecule has 0 aromatic carbocycles. The first kappa shape index (κ1) is 10.5. The minimum Gasteiger partial charge on any atom is -0.381 e. The minimum absolute atomic E-state index is 0.665. The Bertz CT molecular complexity index is 322. The fourth-order valence-corrected chi connectivity index (χ4v) is 2.55. The summed E-state index contributed by atoms with van der Waals surface area (Å²) in [6, 6.07) is 4.80. The molecule has 0 bridgehead atoms. The molecule has 0 radical (unpaired) electrons. The predicted molar refractivity (Wildman–Crippen MR) is 64.0 cm³/mol. The molecule has 82 valence electrons. The van der Waals surface area contributed by atoms with Crippen molar-refractivity contribution in [1.82, 2.24) is 4.98 Å². The van der Waals surface area contributed by atoms with Crippen molar-refractivity contribution in [3.05, 3.63) is 24.0 Å². The average molecular weight is 204 g/mol.